The van der Waals surface area contributed by atoms with Gasteiger partial charge in [-0.1, -0.05) is 12.1 Å². The summed E-state index contributed by atoms with van der Waals surface area (Å²) in [5.41, 5.74) is -0.584. The van der Waals surface area contributed by atoms with Crippen molar-refractivity contribution in [2.75, 3.05) is 7.11 Å². The minimum atomic E-state index is -1.57. The summed E-state index contributed by atoms with van der Waals surface area (Å²) in [7, 11) is 1.11. The van der Waals surface area contributed by atoms with Gasteiger partial charge in [-0.3, -0.25) is 0 Å². The normalized spacial score (nSPS) is 13.5. The van der Waals surface area contributed by atoms with Crippen LogP contribution in [0.1, 0.15) is 28.4 Å². The van der Waals surface area contributed by atoms with Crippen LogP contribution in [0, 0.1) is 17.1 Å². The van der Waals surface area contributed by atoms with Crippen LogP contribution >= 0.6 is 0 Å². The fourth-order valence-corrected chi connectivity index (χ4v) is 1.46. The van der Waals surface area contributed by atoms with Crippen molar-refractivity contribution < 1.29 is 24.1 Å². The van der Waals surface area contributed by atoms with Gasteiger partial charge < -0.3 is 14.9 Å². The lowest BCUT2D eigenvalue weighted by molar-refractivity contribution is 0.0192. The van der Waals surface area contributed by atoms with E-state index in [4.69, 9.17) is 5.26 Å². The van der Waals surface area contributed by atoms with Gasteiger partial charge in [-0.15, -0.1) is 0 Å². The molecule has 0 heterocycles. The van der Waals surface area contributed by atoms with E-state index in [1.165, 1.54) is 18.2 Å². The molecular weight excluding hydrogens is 241 g/mol. The molecule has 0 amide bonds. The molecule has 1 aromatic carbocycles. The van der Waals surface area contributed by atoms with E-state index in [0.29, 0.717) is 0 Å². The third-order valence-electron chi connectivity index (χ3n) is 2.42. The topological polar surface area (TPSA) is 90.6 Å². The van der Waals surface area contributed by atoms with E-state index in [0.717, 1.165) is 7.11 Å². The Bertz CT molecular complexity index is 483. The number of rotatable bonds is 4. The molecule has 18 heavy (non-hydrogen) atoms. The van der Waals surface area contributed by atoms with E-state index < -0.39 is 24.0 Å². The van der Waals surface area contributed by atoms with Gasteiger partial charge >= 0.3 is 5.97 Å². The Balaban J connectivity index is 3.11. The van der Waals surface area contributed by atoms with Crippen LogP contribution in [-0.2, 0) is 4.74 Å². The van der Waals surface area contributed by atoms with Crippen molar-refractivity contribution in [3.05, 3.63) is 35.1 Å². The maximum atomic E-state index is 13.9. The van der Waals surface area contributed by atoms with Gasteiger partial charge in [0.15, 0.2) is 0 Å². The fourth-order valence-electron chi connectivity index (χ4n) is 1.46. The van der Waals surface area contributed by atoms with Gasteiger partial charge in [0, 0.05) is 5.56 Å². The van der Waals surface area contributed by atoms with E-state index in [2.05, 4.69) is 4.74 Å². The van der Waals surface area contributed by atoms with Crippen molar-refractivity contribution in [3.8, 4) is 6.07 Å². The van der Waals surface area contributed by atoms with Crippen LogP contribution in [-0.4, -0.2) is 29.4 Å². The van der Waals surface area contributed by atoms with E-state index in [1.807, 2.05) is 0 Å². The molecule has 2 atom stereocenters. The molecule has 0 aliphatic heterocycles. The summed E-state index contributed by atoms with van der Waals surface area (Å²) < 4.78 is 18.3. The maximum Gasteiger partial charge on any atom is 0.340 e. The quantitative estimate of drug-likeness (QED) is 0.779. The summed E-state index contributed by atoms with van der Waals surface area (Å²) in [5.74, 6) is -1.84. The molecule has 0 saturated carbocycles. The third-order valence-corrected chi connectivity index (χ3v) is 2.42. The summed E-state index contributed by atoms with van der Waals surface area (Å²) in [6.07, 6.45) is -3.34. The second kappa shape index (κ2) is 6.10. The Morgan fingerprint density at radius 3 is 2.78 bits per heavy atom. The molecule has 0 aromatic heterocycles. The first-order valence-electron chi connectivity index (χ1n) is 5.12. The molecule has 0 radical (unpaired) electrons. The monoisotopic (exact) mass is 253 g/mol. The molecule has 0 bridgehead atoms. The zero-order chi connectivity index (χ0) is 13.7. The van der Waals surface area contributed by atoms with Gasteiger partial charge in [0.1, 0.15) is 11.9 Å². The lowest BCUT2D eigenvalue weighted by atomic mass is 9.99. The van der Waals surface area contributed by atoms with E-state index in [9.17, 15) is 19.4 Å². The van der Waals surface area contributed by atoms with Gasteiger partial charge in [0.05, 0.1) is 31.3 Å². The Hall–Kier alpha value is -1.97. The lowest BCUT2D eigenvalue weighted by Gasteiger charge is -2.17. The summed E-state index contributed by atoms with van der Waals surface area (Å²) in [6.45, 7) is 0. The molecule has 0 aliphatic carbocycles. The highest BCUT2D eigenvalue weighted by atomic mass is 19.1. The summed E-state index contributed by atoms with van der Waals surface area (Å²) in [4.78, 5) is 11.2. The zero-order valence-corrected chi connectivity index (χ0v) is 9.63. The lowest BCUT2D eigenvalue weighted by Crippen LogP contribution is -2.20. The fraction of sp³-hybridized carbons (Fsp3) is 0.333. The minimum Gasteiger partial charge on any atom is -0.465 e. The standard InChI is InChI=1S/C12H12FNO4/c1-18-12(17)8-4-2-3-7(10(8)13)11(16)9(15)5-6-14/h2-4,9,11,15-16H,5H2,1H3. The Morgan fingerprint density at radius 2 is 2.22 bits per heavy atom. The van der Waals surface area contributed by atoms with Crippen molar-refractivity contribution in [3.63, 3.8) is 0 Å². The predicted molar refractivity (Wildman–Crippen MR) is 58.9 cm³/mol. The first-order chi connectivity index (χ1) is 8.52. The molecule has 96 valence electrons. The van der Waals surface area contributed by atoms with Crippen molar-refractivity contribution in [2.45, 2.75) is 18.6 Å². The molecular formula is C12H12FNO4. The summed E-state index contributed by atoms with van der Waals surface area (Å²) in [5, 5.41) is 27.5. The number of benzene rings is 1. The molecule has 1 rings (SSSR count). The number of ether oxygens (including phenoxy) is 1. The highest BCUT2D eigenvalue weighted by molar-refractivity contribution is 5.89. The number of hydrogen-bond acceptors (Lipinski definition) is 5. The molecule has 5 nitrogen and oxygen atoms in total. The van der Waals surface area contributed by atoms with Gasteiger partial charge in [-0.05, 0) is 6.07 Å². The second-order valence-electron chi connectivity index (χ2n) is 3.57. The number of halogens is 1. The molecule has 0 saturated heterocycles. The van der Waals surface area contributed by atoms with Crippen LogP contribution < -0.4 is 0 Å². The molecule has 2 unspecified atom stereocenters. The number of methoxy groups -OCH3 is 1. The van der Waals surface area contributed by atoms with Crippen molar-refractivity contribution in [1.29, 1.82) is 5.26 Å². The Kier molecular flexibility index (Phi) is 4.77. The van der Waals surface area contributed by atoms with Crippen LogP contribution in [0.25, 0.3) is 0 Å². The predicted octanol–water partition coefficient (Wildman–Crippen LogP) is 0.920. The van der Waals surface area contributed by atoms with Gasteiger partial charge in [0.2, 0.25) is 0 Å². The van der Waals surface area contributed by atoms with Crippen LogP contribution in [0.15, 0.2) is 18.2 Å². The molecule has 2 N–H and O–H groups in total. The van der Waals surface area contributed by atoms with Crippen molar-refractivity contribution >= 4 is 5.97 Å². The van der Waals surface area contributed by atoms with Crippen LogP contribution in [0.2, 0.25) is 0 Å². The van der Waals surface area contributed by atoms with Crippen LogP contribution in [0.4, 0.5) is 4.39 Å². The van der Waals surface area contributed by atoms with Crippen molar-refractivity contribution in [1.82, 2.24) is 0 Å². The second-order valence-corrected chi connectivity index (χ2v) is 3.57. The number of hydrogen-bond donors (Lipinski definition) is 2. The van der Waals surface area contributed by atoms with Gasteiger partial charge in [-0.2, -0.15) is 5.26 Å². The average Bonchev–Trinajstić information content (AvgIpc) is 2.37. The SMILES string of the molecule is COC(=O)c1cccc(C(O)C(O)CC#N)c1F. The van der Waals surface area contributed by atoms with Crippen LogP contribution in [0.3, 0.4) is 0 Å². The largest absolute Gasteiger partial charge is 0.465 e. The molecule has 6 heteroatoms. The summed E-state index contributed by atoms with van der Waals surface area (Å²) in [6, 6.07) is 5.45. The first kappa shape index (κ1) is 14.1. The van der Waals surface area contributed by atoms with Gasteiger partial charge in [0.25, 0.3) is 0 Å². The van der Waals surface area contributed by atoms with E-state index in [1.54, 1.807) is 6.07 Å². The average molecular weight is 253 g/mol. The Morgan fingerprint density at radius 1 is 1.56 bits per heavy atom. The number of esters is 1. The first-order valence-corrected chi connectivity index (χ1v) is 5.12. The zero-order valence-electron chi connectivity index (χ0n) is 9.63. The number of nitrogens with zero attached hydrogens (tertiary/aromatic N) is 1. The summed E-state index contributed by atoms with van der Waals surface area (Å²) >= 11 is 0. The molecule has 0 aliphatic rings. The third kappa shape index (κ3) is 2.83. The van der Waals surface area contributed by atoms with Crippen LogP contribution in [0.5, 0.6) is 0 Å². The minimum absolute atomic E-state index is 0.249. The smallest absolute Gasteiger partial charge is 0.340 e. The van der Waals surface area contributed by atoms with E-state index in [-0.39, 0.29) is 17.5 Å². The number of nitriles is 1. The maximum absolute atomic E-state index is 13.9. The Labute approximate surface area is 103 Å². The number of aliphatic hydroxyl groups excluding tert-OH is 2. The molecule has 1 aromatic rings. The molecule has 0 spiro atoms. The highest BCUT2D eigenvalue weighted by Gasteiger charge is 2.24. The van der Waals surface area contributed by atoms with Crippen molar-refractivity contribution in [2.24, 2.45) is 0 Å². The highest BCUT2D eigenvalue weighted by Crippen LogP contribution is 2.24. The van der Waals surface area contributed by atoms with Gasteiger partial charge in [-0.25, -0.2) is 9.18 Å². The number of carbonyl (C=O) groups is 1. The number of aliphatic hydroxyl groups is 2. The number of carbonyl (C=O) groups excluding carboxylic acids is 1. The molecule has 0 fully saturated rings. The van der Waals surface area contributed by atoms with E-state index >= 15 is 0 Å².